The minimum absolute atomic E-state index is 0.143. The monoisotopic (exact) mass is 261 g/mol. The fourth-order valence-electron chi connectivity index (χ4n) is 1.57. The first-order valence-corrected chi connectivity index (χ1v) is 5.25. The second-order valence-electron chi connectivity index (χ2n) is 3.64. The van der Waals surface area contributed by atoms with Crippen LogP contribution in [-0.4, -0.2) is 29.1 Å². The maximum Gasteiger partial charge on any atom is 0.323 e. The molecule has 0 unspecified atom stereocenters. The molecule has 0 radical (unpaired) electrons. The number of nitro groups is 1. The average Bonchev–Trinajstić information content (AvgIpc) is 2.37. The van der Waals surface area contributed by atoms with Gasteiger partial charge in [0.1, 0.15) is 12.2 Å². The van der Waals surface area contributed by atoms with E-state index in [0.717, 1.165) is 6.07 Å². The highest BCUT2D eigenvalue weighted by molar-refractivity contribution is 5.76. The van der Waals surface area contributed by atoms with E-state index < -0.39 is 17.4 Å². The van der Waals surface area contributed by atoms with Gasteiger partial charge >= 0.3 is 5.97 Å². The van der Waals surface area contributed by atoms with Crippen LogP contribution in [-0.2, 0) is 4.79 Å². The highest BCUT2D eigenvalue weighted by Gasteiger charge is 2.21. The second-order valence-corrected chi connectivity index (χ2v) is 3.64. The van der Waals surface area contributed by atoms with Crippen molar-refractivity contribution in [3.05, 3.63) is 46.5 Å². The van der Waals surface area contributed by atoms with Gasteiger partial charge in [-0.05, 0) is 12.1 Å². The summed E-state index contributed by atoms with van der Waals surface area (Å²) >= 11 is 0. The van der Waals surface area contributed by atoms with Crippen molar-refractivity contribution in [2.75, 3.05) is 18.0 Å². The lowest BCUT2D eigenvalue weighted by Gasteiger charge is -2.20. The summed E-state index contributed by atoms with van der Waals surface area (Å²) in [5, 5.41) is 28.5. The van der Waals surface area contributed by atoms with Crippen LogP contribution in [0.2, 0.25) is 0 Å². The quantitative estimate of drug-likeness (QED) is 0.472. The zero-order valence-electron chi connectivity index (χ0n) is 9.94. The number of hydrogen-bond donors (Lipinski definition) is 1. The van der Waals surface area contributed by atoms with Gasteiger partial charge in [-0.3, -0.25) is 14.9 Å². The van der Waals surface area contributed by atoms with E-state index in [-0.39, 0.29) is 23.5 Å². The van der Waals surface area contributed by atoms with Gasteiger partial charge in [0.25, 0.3) is 5.69 Å². The van der Waals surface area contributed by atoms with Gasteiger partial charge in [0, 0.05) is 12.6 Å². The molecular formula is C12H11N3O4. The molecule has 1 rings (SSSR count). The van der Waals surface area contributed by atoms with Crippen LogP contribution >= 0.6 is 0 Å². The van der Waals surface area contributed by atoms with Crippen LogP contribution < -0.4 is 4.90 Å². The van der Waals surface area contributed by atoms with Gasteiger partial charge in [0.2, 0.25) is 0 Å². The van der Waals surface area contributed by atoms with Crippen LogP contribution in [0.3, 0.4) is 0 Å². The zero-order valence-corrected chi connectivity index (χ0v) is 9.94. The Morgan fingerprint density at radius 3 is 2.79 bits per heavy atom. The molecule has 1 N–H and O–H groups in total. The predicted octanol–water partition coefficient (Wildman–Crippen LogP) is 1.54. The number of carboxylic acid groups (broad SMARTS) is 1. The summed E-state index contributed by atoms with van der Waals surface area (Å²) in [6, 6.07) is 5.69. The molecule has 0 aliphatic carbocycles. The largest absolute Gasteiger partial charge is 0.480 e. The molecule has 0 heterocycles. The Balaban J connectivity index is 3.28. The van der Waals surface area contributed by atoms with E-state index in [1.807, 2.05) is 0 Å². The summed E-state index contributed by atoms with van der Waals surface area (Å²) in [5.74, 6) is -1.11. The number of benzene rings is 1. The van der Waals surface area contributed by atoms with Crippen LogP contribution in [0.15, 0.2) is 30.9 Å². The van der Waals surface area contributed by atoms with Gasteiger partial charge in [-0.1, -0.05) is 6.08 Å². The Morgan fingerprint density at radius 1 is 1.63 bits per heavy atom. The minimum Gasteiger partial charge on any atom is -0.480 e. The highest BCUT2D eigenvalue weighted by Crippen LogP contribution is 2.29. The van der Waals surface area contributed by atoms with E-state index in [9.17, 15) is 14.9 Å². The first-order chi connectivity index (χ1) is 8.99. The lowest BCUT2D eigenvalue weighted by atomic mass is 10.1. The van der Waals surface area contributed by atoms with Gasteiger partial charge in [0.15, 0.2) is 0 Å². The molecule has 0 saturated carbocycles. The second kappa shape index (κ2) is 6.16. The van der Waals surface area contributed by atoms with Gasteiger partial charge < -0.3 is 10.0 Å². The molecule has 98 valence electrons. The van der Waals surface area contributed by atoms with Gasteiger partial charge in [0.05, 0.1) is 16.6 Å². The third-order valence-electron chi connectivity index (χ3n) is 2.32. The smallest absolute Gasteiger partial charge is 0.323 e. The number of carboxylic acids is 1. The Kier molecular flexibility index (Phi) is 4.60. The lowest BCUT2D eigenvalue weighted by Crippen LogP contribution is -2.30. The van der Waals surface area contributed by atoms with E-state index in [1.165, 1.54) is 23.1 Å². The first-order valence-electron chi connectivity index (χ1n) is 5.25. The average molecular weight is 261 g/mol. The number of nitrogens with zero attached hydrogens (tertiary/aromatic N) is 3. The van der Waals surface area contributed by atoms with Gasteiger partial charge in [-0.25, -0.2) is 0 Å². The normalized spacial score (nSPS) is 9.42. The molecule has 0 atom stereocenters. The summed E-state index contributed by atoms with van der Waals surface area (Å²) < 4.78 is 0. The molecule has 1 aromatic carbocycles. The Hall–Kier alpha value is -2.88. The number of nitro benzene ring substituents is 1. The molecule has 0 bridgehead atoms. The van der Waals surface area contributed by atoms with Crippen molar-refractivity contribution in [2.24, 2.45) is 0 Å². The molecule has 0 saturated heterocycles. The Morgan fingerprint density at radius 2 is 2.32 bits per heavy atom. The first kappa shape index (κ1) is 14.2. The molecule has 19 heavy (non-hydrogen) atoms. The van der Waals surface area contributed by atoms with Crippen molar-refractivity contribution < 1.29 is 14.8 Å². The molecule has 0 amide bonds. The van der Waals surface area contributed by atoms with Gasteiger partial charge in [-0.15, -0.1) is 6.58 Å². The summed E-state index contributed by atoms with van der Waals surface area (Å²) in [5.41, 5.74) is -0.0159. The van der Waals surface area contributed by atoms with Crippen molar-refractivity contribution in [3.63, 3.8) is 0 Å². The molecule has 0 aromatic heterocycles. The van der Waals surface area contributed by atoms with Crippen molar-refractivity contribution in [3.8, 4) is 6.07 Å². The summed E-state index contributed by atoms with van der Waals surface area (Å²) in [7, 11) is 0. The number of nitriles is 1. The van der Waals surface area contributed by atoms with Gasteiger partial charge in [-0.2, -0.15) is 5.26 Å². The molecule has 7 nitrogen and oxygen atoms in total. The number of anilines is 1. The predicted molar refractivity (Wildman–Crippen MR) is 67.9 cm³/mol. The van der Waals surface area contributed by atoms with E-state index >= 15 is 0 Å². The molecule has 0 fully saturated rings. The number of aliphatic carboxylic acids is 1. The summed E-state index contributed by atoms with van der Waals surface area (Å²) in [4.78, 5) is 22.4. The topological polar surface area (TPSA) is 107 Å². The van der Waals surface area contributed by atoms with E-state index in [4.69, 9.17) is 10.4 Å². The number of hydrogen-bond acceptors (Lipinski definition) is 5. The fourth-order valence-corrected chi connectivity index (χ4v) is 1.57. The zero-order chi connectivity index (χ0) is 14.4. The van der Waals surface area contributed by atoms with Crippen LogP contribution in [0.1, 0.15) is 5.56 Å². The van der Waals surface area contributed by atoms with Crippen LogP contribution in [0.4, 0.5) is 11.4 Å². The number of carbonyl (C=O) groups is 1. The molecule has 1 aromatic rings. The summed E-state index contributed by atoms with van der Waals surface area (Å²) in [6.07, 6.45) is 1.45. The van der Waals surface area contributed by atoms with Crippen LogP contribution in [0.5, 0.6) is 0 Å². The lowest BCUT2D eigenvalue weighted by molar-refractivity contribution is -0.384. The molecule has 7 heteroatoms. The number of rotatable bonds is 6. The van der Waals surface area contributed by atoms with Crippen molar-refractivity contribution in [1.29, 1.82) is 5.26 Å². The third-order valence-corrected chi connectivity index (χ3v) is 2.32. The van der Waals surface area contributed by atoms with Crippen LogP contribution in [0.25, 0.3) is 0 Å². The van der Waals surface area contributed by atoms with Crippen molar-refractivity contribution in [1.82, 2.24) is 0 Å². The SMILES string of the molecule is C=CCN(CC(=O)O)c1ccc(C#N)cc1[N+](=O)[O-]. The molecule has 0 aliphatic rings. The summed E-state index contributed by atoms with van der Waals surface area (Å²) in [6.45, 7) is 3.25. The fraction of sp³-hybridized carbons (Fsp3) is 0.167. The van der Waals surface area contributed by atoms with Crippen molar-refractivity contribution >= 4 is 17.3 Å². The molecule has 0 spiro atoms. The maximum absolute atomic E-state index is 11.0. The standard InChI is InChI=1S/C12H11N3O4/c1-2-5-14(8-12(16)17)10-4-3-9(7-13)6-11(10)15(18)19/h2-4,6H,1,5,8H2,(H,16,17). The van der Waals surface area contributed by atoms with E-state index in [2.05, 4.69) is 6.58 Å². The maximum atomic E-state index is 11.0. The van der Waals surface area contributed by atoms with E-state index in [0.29, 0.717) is 0 Å². The molecular weight excluding hydrogens is 250 g/mol. The Labute approximate surface area is 109 Å². The Bertz CT molecular complexity index is 563. The minimum atomic E-state index is -1.11. The van der Waals surface area contributed by atoms with Crippen LogP contribution in [0, 0.1) is 21.4 Å². The highest BCUT2D eigenvalue weighted by atomic mass is 16.6. The van der Waals surface area contributed by atoms with Crippen molar-refractivity contribution in [2.45, 2.75) is 0 Å². The van der Waals surface area contributed by atoms with E-state index in [1.54, 1.807) is 6.07 Å². The third kappa shape index (κ3) is 3.54. The molecule has 0 aliphatic heterocycles.